The number of rotatable bonds is 4. The van der Waals surface area contributed by atoms with Crippen LogP contribution < -0.4 is 11.1 Å². The molecule has 6 nitrogen and oxygen atoms in total. The molecule has 0 aromatic carbocycles. The number of aromatic nitrogens is 1. The van der Waals surface area contributed by atoms with Crippen LogP contribution in [0.2, 0.25) is 0 Å². The van der Waals surface area contributed by atoms with Crippen molar-refractivity contribution in [2.45, 2.75) is 26.2 Å². The lowest BCUT2D eigenvalue weighted by Crippen LogP contribution is -2.17. The fraction of sp³-hybridized carbons (Fsp3) is 0.583. The van der Waals surface area contributed by atoms with E-state index in [2.05, 4.69) is 17.2 Å². The summed E-state index contributed by atoms with van der Waals surface area (Å²) < 4.78 is 0. The molecule has 0 radical (unpaired) electrons. The molecule has 1 aliphatic rings. The van der Waals surface area contributed by atoms with E-state index in [-0.39, 0.29) is 11.5 Å². The van der Waals surface area contributed by atoms with Crippen LogP contribution in [0.25, 0.3) is 0 Å². The Bertz CT molecular complexity index is 450. The molecular weight excluding hydrogens is 232 g/mol. The Kier molecular flexibility index (Phi) is 3.64. The minimum absolute atomic E-state index is 0.0236. The average molecular weight is 250 g/mol. The van der Waals surface area contributed by atoms with Crippen LogP contribution in [0.5, 0.6) is 0 Å². The molecule has 1 aromatic rings. The number of nitrogen functional groups attached to an aromatic ring is 1. The van der Waals surface area contributed by atoms with E-state index >= 15 is 0 Å². The number of nitrogens with two attached hydrogens (primary N) is 1. The van der Waals surface area contributed by atoms with E-state index in [0.717, 1.165) is 6.54 Å². The van der Waals surface area contributed by atoms with Gasteiger partial charge in [0, 0.05) is 6.54 Å². The van der Waals surface area contributed by atoms with Crippen LogP contribution in [0.4, 0.5) is 17.3 Å². The highest BCUT2D eigenvalue weighted by Gasteiger charge is 2.23. The third kappa shape index (κ3) is 2.88. The fourth-order valence-electron chi connectivity index (χ4n) is 2.49. The summed E-state index contributed by atoms with van der Waals surface area (Å²) in [6, 6.07) is 2.69. The van der Waals surface area contributed by atoms with Gasteiger partial charge in [-0.15, -0.1) is 0 Å². The minimum Gasteiger partial charge on any atom is -0.383 e. The van der Waals surface area contributed by atoms with Crippen LogP contribution in [0.15, 0.2) is 12.1 Å². The van der Waals surface area contributed by atoms with E-state index in [1.165, 1.54) is 31.4 Å². The molecule has 2 atom stereocenters. The Morgan fingerprint density at radius 1 is 1.56 bits per heavy atom. The smallest absolute Gasteiger partial charge is 0.276 e. The number of nitrogens with one attached hydrogen (secondary N) is 1. The van der Waals surface area contributed by atoms with Crippen LogP contribution in [-0.2, 0) is 0 Å². The van der Waals surface area contributed by atoms with Crippen LogP contribution in [-0.4, -0.2) is 16.5 Å². The Labute approximate surface area is 106 Å². The Hall–Kier alpha value is -1.85. The molecule has 0 saturated heterocycles. The largest absolute Gasteiger partial charge is 0.383 e. The quantitative estimate of drug-likeness (QED) is 0.632. The third-order valence-corrected chi connectivity index (χ3v) is 3.63. The van der Waals surface area contributed by atoms with Crippen LogP contribution in [0.3, 0.4) is 0 Å². The normalized spacial score (nSPS) is 22.9. The van der Waals surface area contributed by atoms with Gasteiger partial charge >= 0.3 is 0 Å². The van der Waals surface area contributed by atoms with Gasteiger partial charge in [0.15, 0.2) is 0 Å². The van der Waals surface area contributed by atoms with Crippen molar-refractivity contribution in [1.29, 1.82) is 0 Å². The predicted molar refractivity (Wildman–Crippen MR) is 70.3 cm³/mol. The van der Waals surface area contributed by atoms with Gasteiger partial charge < -0.3 is 11.1 Å². The maximum Gasteiger partial charge on any atom is 0.276 e. The molecule has 1 aliphatic carbocycles. The number of nitro groups is 1. The van der Waals surface area contributed by atoms with Gasteiger partial charge in [0.05, 0.1) is 17.1 Å². The van der Waals surface area contributed by atoms with E-state index in [1.807, 2.05) is 0 Å². The second-order valence-electron chi connectivity index (χ2n) is 4.94. The Morgan fingerprint density at radius 3 is 2.94 bits per heavy atom. The molecule has 6 heteroatoms. The zero-order chi connectivity index (χ0) is 13.1. The monoisotopic (exact) mass is 250 g/mol. The minimum atomic E-state index is -0.457. The van der Waals surface area contributed by atoms with Gasteiger partial charge in [-0.05, 0) is 18.3 Å². The van der Waals surface area contributed by atoms with E-state index in [1.54, 1.807) is 0 Å². The zero-order valence-electron chi connectivity index (χ0n) is 10.4. The highest BCUT2D eigenvalue weighted by molar-refractivity contribution is 5.52. The van der Waals surface area contributed by atoms with Gasteiger partial charge in [0.1, 0.15) is 11.6 Å². The Balaban J connectivity index is 2.02. The second-order valence-corrected chi connectivity index (χ2v) is 4.94. The number of nitrogens with zero attached hydrogens (tertiary/aromatic N) is 2. The summed E-state index contributed by atoms with van der Waals surface area (Å²) in [4.78, 5) is 14.3. The van der Waals surface area contributed by atoms with Gasteiger partial charge in [-0.1, -0.05) is 19.8 Å². The summed E-state index contributed by atoms with van der Waals surface area (Å²) in [6.07, 6.45) is 3.73. The molecule has 18 heavy (non-hydrogen) atoms. The molecule has 98 valence electrons. The van der Waals surface area contributed by atoms with Crippen molar-refractivity contribution in [3.63, 3.8) is 0 Å². The lowest BCUT2D eigenvalue weighted by molar-refractivity contribution is -0.384. The van der Waals surface area contributed by atoms with Gasteiger partial charge in [0.2, 0.25) is 0 Å². The number of hydrogen-bond acceptors (Lipinski definition) is 5. The molecule has 2 unspecified atom stereocenters. The van der Waals surface area contributed by atoms with E-state index in [9.17, 15) is 10.1 Å². The molecule has 1 saturated carbocycles. The Morgan fingerprint density at radius 2 is 2.33 bits per heavy atom. The highest BCUT2D eigenvalue weighted by atomic mass is 16.6. The molecular formula is C12H18N4O2. The SMILES string of the molecule is CC1CCCC1CNc1cc([N+](=O)[O-])cc(N)n1. The van der Waals surface area contributed by atoms with Crippen molar-refractivity contribution in [2.75, 3.05) is 17.6 Å². The van der Waals surface area contributed by atoms with E-state index < -0.39 is 4.92 Å². The summed E-state index contributed by atoms with van der Waals surface area (Å²) in [5.74, 6) is 1.98. The lowest BCUT2D eigenvalue weighted by atomic mass is 9.98. The van der Waals surface area contributed by atoms with Crippen molar-refractivity contribution in [2.24, 2.45) is 11.8 Å². The van der Waals surface area contributed by atoms with Crippen molar-refractivity contribution in [1.82, 2.24) is 4.98 Å². The van der Waals surface area contributed by atoms with Crippen LogP contribution in [0.1, 0.15) is 26.2 Å². The van der Waals surface area contributed by atoms with E-state index in [0.29, 0.717) is 17.7 Å². The summed E-state index contributed by atoms with van der Waals surface area (Å²) in [6.45, 7) is 3.04. The highest BCUT2D eigenvalue weighted by Crippen LogP contribution is 2.31. The predicted octanol–water partition coefficient (Wildman–Crippen LogP) is 2.42. The molecule has 0 amide bonds. The first-order valence-electron chi connectivity index (χ1n) is 6.22. The van der Waals surface area contributed by atoms with Gasteiger partial charge in [0.25, 0.3) is 5.69 Å². The number of anilines is 2. The maximum atomic E-state index is 10.7. The van der Waals surface area contributed by atoms with Gasteiger partial charge in [-0.25, -0.2) is 4.98 Å². The molecule has 0 bridgehead atoms. The first-order chi connectivity index (χ1) is 8.56. The fourth-order valence-corrected chi connectivity index (χ4v) is 2.49. The van der Waals surface area contributed by atoms with Crippen molar-refractivity contribution in [3.05, 3.63) is 22.2 Å². The molecule has 1 aromatic heterocycles. The third-order valence-electron chi connectivity index (χ3n) is 3.63. The number of pyridine rings is 1. The van der Waals surface area contributed by atoms with Crippen molar-refractivity contribution < 1.29 is 4.92 Å². The van der Waals surface area contributed by atoms with Crippen LogP contribution >= 0.6 is 0 Å². The molecule has 0 spiro atoms. The standard InChI is InChI=1S/C12H18N4O2/c1-8-3-2-4-9(8)7-14-12-6-10(16(17)18)5-11(13)15-12/h5-6,8-9H,2-4,7H2,1H3,(H3,13,14,15). The summed E-state index contributed by atoms with van der Waals surface area (Å²) >= 11 is 0. The summed E-state index contributed by atoms with van der Waals surface area (Å²) in [5.41, 5.74) is 5.53. The first-order valence-corrected chi connectivity index (χ1v) is 6.22. The van der Waals surface area contributed by atoms with Crippen molar-refractivity contribution >= 4 is 17.3 Å². The summed E-state index contributed by atoms with van der Waals surface area (Å²) in [5, 5.41) is 13.9. The topological polar surface area (TPSA) is 94.1 Å². The average Bonchev–Trinajstić information content (AvgIpc) is 2.71. The molecule has 1 fully saturated rings. The van der Waals surface area contributed by atoms with Gasteiger partial charge in [-0.3, -0.25) is 10.1 Å². The lowest BCUT2D eigenvalue weighted by Gasteiger charge is -2.16. The van der Waals surface area contributed by atoms with Gasteiger partial charge in [-0.2, -0.15) is 0 Å². The van der Waals surface area contributed by atoms with E-state index in [4.69, 9.17) is 5.73 Å². The molecule has 3 N–H and O–H groups in total. The summed E-state index contributed by atoms with van der Waals surface area (Å²) in [7, 11) is 0. The number of hydrogen-bond donors (Lipinski definition) is 2. The molecule has 2 rings (SSSR count). The second kappa shape index (κ2) is 5.20. The van der Waals surface area contributed by atoms with Crippen molar-refractivity contribution in [3.8, 4) is 0 Å². The molecule has 0 aliphatic heterocycles. The zero-order valence-corrected chi connectivity index (χ0v) is 10.4. The van der Waals surface area contributed by atoms with Crippen LogP contribution in [0, 0.1) is 22.0 Å². The maximum absolute atomic E-state index is 10.7. The first kappa shape index (κ1) is 12.6. The molecule has 1 heterocycles.